The molecule has 0 bridgehead atoms. The fourth-order valence-corrected chi connectivity index (χ4v) is 2.22. The standard InChI is InChI=1S/C13H12F3N3O.ClH/c14-13(15,16)9-4-1-3-8(7-9)11-18-12(20-19-11)10-5-2-6-17-10;/h1,3-4,7,10,17H,2,5-6H2;1H/t10-;/m0./s1. The van der Waals surface area contributed by atoms with E-state index in [-0.39, 0.29) is 24.3 Å². The number of alkyl halides is 3. The molecule has 1 atom stereocenters. The van der Waals surface area contributed by atoms with E-state index in [1.807, 2.05) is 0 Å². The van der Waals surface area contributed by atoms with E-state index >= 15 is 0 Å². The minimum absolute atomic E-state index is 0. The number of halogens is 4. The van der Waals surface area contributed by atoms with Crippen molar-refractivity contribution in [2.24, 2.45) is 0 Å². The maximum absolute atomic E-state index is 12.7. The number of hydrogen-bond donors (Lipinski definition) is 1. The second-order valence-electron chi connectivity index (χ2n) is 4.68. The van der Waals surface area contributed by atoms with Gasteiger partial charge in [-0.3, -0.25) is 0 Å². The lowest BCUT2D eigenvalue weighted by atomic mass is 10.1. The first-order valence-electron chi connectivity index (χ1n) is 6.28. The summed E-state index contributed by atoms with van der Waals surface area (Å²) in [7, 11) is 0. The van der Waals surface area contributed by atoms with Crippen molar-refractivity contribution < 1.29 is 17.7 Å². The predicted octanol–water partition coefficient (Wildman–Crippen LogP) is 3.60. The van der Waals surface area contributed by atoms with Gasteiger partial charge >= 0.3 is 6.18 Å². The van der Waals surface area contributed by atoms with Crippen LogP contribution in [0, 0.1) is 0 Å². The largest absolute Gasteiger partial charge is 0.416 e. The third-order valence-corrected chi connectivity index (χ3v) is 3.25. The van der Waals surface area contributed by atoms with Crippen LogP contribution in [-0.2, 0) is 6.18 Å². The Balaban J connectivity index is 0.00000161. The van der Waals surface area contributed by atoms with Crippen molar-refractivity contribution >= 4 is 12.4 Å². The summed E-state index contributed by atoms with van der Waals surface area (Å²) in [5, 5.41) is 6.96. The Morgan fingerprint density at radius 2 is 2.10 bits per heavy atom. The van der Waals surface area contributed by atoms with E-state index < -0.39 is 11.7 Å². The zero-order valence-electron chi connectivity index (χ0n) is 10.9. The third-order valence-electron chi connectivity index (χ3n) is 3.25. The van der Waals surface area contributed by atoms with Crippen molar-refractivity contribution in [3.05, 3.63) is 35.7 Å². The number of rotatable bonds is 2. The lowest BCUT2D eigenvalue weighted by Crippen LogP contribution is -2.12. The molecule has 0 unspecified atom stereocenters. The smallest absolute Gasteiger partial charge is 0.337 e. The minimum Gasteiger partial charge on any atom is -0.337 e. The molecule has 1 N–H and O–H groups in total. The number of nitrogens with zero attached hydrogens (tertiary/aromatic N) is 2. The van der Waals surface area contributed by atoms with Crippen molar-refractivity contribution in [3.63, 3.8) is 0 Å². The van der Waals surface area contributed by atoms with Crippen molar-refractivity contribution in [1.29, 1.82) is 0 Å². The molecule has 21 heavy (non-hydrogen) atoms. The Hall–Kier alpha value is -1.60. The maximum Gasteiger partial charge on any atom is 0.416 e. The van der Waals surface area contributed by atoms with Gasteiger partial charge in [-0.05, 0) is 31.5 Å². The molecule has 1 aliphatic heterocycles. The van der Waals surface area contributed by atoms with Crippen molar-refractivity contribution in [2.75, 3.05) is 6.54 Å². The van der Waals surface area contributed by atoms with Gasteiger partial charge in [-0.2, -0.15) is 18.2 Å². The van der Waals surface area contributed by atoms with E-state index in [9.17, 15) is 13.2 Å². The first-order chi connectivity index (χ1) is 9.54. The molecule has 0 radical (unpaired) electrons. The topological polar surface area (TPSA) is 51.0 Å². The van der Waals surface area contributed by atoms with Gasteiger partial charge in [-0.1, -0.05) is 17.3 Å². The molecule has 8 heteroatoms. The summed E-state index contributed by atoms with van der Waals surface area (Å²) in [6.45, 7) is 0.881. The lowest BCUT2D eigenvalue weighted by molar-refractivity contribution is -0.137. The fraction of sp³-hybridized carbons (Fsp3) is 0.385. The zero-order valence-corrected chi connectivity index (χ0v) is 11.7. The van der Waals surface area contributed by atoms with Crippen LogP contribution in [0.3, 0.4) is 0 Å². The van der Waals surface area contributed by atoms with Crippen LogP contribution in [0.25, 0.3) is 11.4 Å². The monoisotopic (exact) mass is 319 g/mol. The Bertz CT molecular complexity index is 609. The molecule has 3 rings (SSSR count). The Morgan fingerprint density at radius 1 is 1.29 bits per heavy atom. The van der Waals surface area contributed by atoms with Gasteiger partial charge in [0.25, 0.3) is 0 Å². The van der Waals surface area contributed by atoms with E-state index in [1.54, 1.807) is 0 Å². The highest BCUT2D eigenvalue weighted by molar-refractivity contribution is 5.85. The van der Waals surface area contributed by atoms with Crippen LogP contribution in [0.15, 0.2) is 28.8 Å². The van der Waals surface area contributed by atoms with Gasteiger partial charge in [-0.25, -0.2) is 0 Å². The fourth-order valence-electron chi connectivity index (χ4n) is 2.22. The Kier molecular flexibility index (Phi) is 4.53. The molecule has 1 aromatic carbocycles. The first kappa shape index (κ1) is 15.8. The summed E-state index contributed by atoms with van der Waals surface area (Å²) in [4.78, 5) is 4.18. The van der Waals surface area contributed by atoms with Crippen LogP contribution in [0.4, 0.5) is 13.2 Å². The summed E-state index contributed by atoms with van der Waals surface area (Å²) in [5.41, 5.74) is -0.423. The number of nitrogens with one attached hydrogen (secondary N) is 1. The average Bonchev–Trinajstić information content (AvgIpc) is 3.09. The van der Waals surface area contributed by atoms with Crippen LogP contribution < -0.4 is 5.32 Å². The normalized spacial score (nSPS) is 18.5. The molecule has 1 aromatic heterocycles. The van der Waals surface area contributed by atoms with Gasteiger partial charge in [0, 0.05) is 5.56 Å². The van der Waals surface area contributed by atoms with E-state index in [4.69, 9.17) is 4.52 Å². The van der Waals surface area contributed by atoms with E-state index in [0.717, 1.165) is 31.5 Å². The molecule has 0 aliphatic carbocycles. The number of benzene rings is 1. The quantitative estimate of drug-likeness (QED) is 0.919. The van der Waals surface area contributed by atoms with Gasteiger partial charge in [0.1, 0.15) is 0 Å². The number of aromatic nitrogens is 2. The van der Waals surface area contributed by atoms with Crippen molar-refractivity contribution in [3.8, 4) is 11.4 Å². The highest BCUT2D eigenvalue weighted by Crippen LogP contribution is 2.32. The van der Waals surface area contributed by atoms with Crippen LogP contribution in [0.1, 0.15) is 30.3 Å². The Labute approximate surface area is 125 Å². The molecule has 114 valence electrons. The zero-order chi connectivity index (χ0) is 14.2. The Morgan fingerprint density at radius 3 is 2.76 bits per heavy atom. The van der Waals surface area contributed by atoms with Crippen LogP contribution >= 0.6 is 12.4 Å². The molecular formula is C13H13ClF3N3O. The molecule has 2 heterocycles. The van der Waals surface area contributed by atoms with Gasteiger partial charge in [0.15, 0.2) is 0 Å². The molecule has 1 fully saturated rings. The summed E-state index contributed by atoms with van der Waals surface area (Å²) in [5.74, 6) is 0.606. The molecule has 0 saturated carbocycles. The van der Waals surface area contributed by atoms with Crippen LogP contribution in [-0.4, -0.2) is 16.7 Å². The summed E-state index contributed by atoms with van der Waals surface area (Å²) in [6, 6.07) is 4.91. The highest BCUT2D eigenvalue weighted by Gasteiger charge is 2.31. The second-order valence-corrected chi connectivity index (χ2v) is 4.68. The van der Waals surface area contributed by atoms with E-state index in [1.165, 1.54) is 12.1 Å². The molecular weight excluding hydrogens is 307 g/mol. The van der Waals surface area contributed by atoms with Crippen molar-refractivity contribution in [2.45, 2.75) is 25.1 Å². The van der Waals surface area contributed by atoms with Crippen molar-refractivity contribution in [1.82, 2.24) is 15.5 Å². The summed E-state index contributed by atoms with van der Waals surface area (Å²) >= 11 is 0. The lowest BCUT2D eigenvalue weighted by Gasteiger charge is -2.06. The molecule has 2 aromatic rings. The predicted molar refractivity (Wildman–Crippen MR) is 72.0 cm³/mol. The molecule has 0 spiro atoms. The first-order valence-corrected chi connectivity index (χ1v) is 6.28. The maximum atomic E-state index is 12.7. The SMILES string of the molecule is Cl.FC(F)(F)c1cccc(-c2noc([C@@H]3CCCN3)n2)c1. The van der Waals surface area contributed by atoms with Gasteiger partial charge in [0.05, 0.1) is 11.6 Å². The van der Waals surface area contributed by atoms with Gasteiger partial charge in [0.2, 0.25) is 11.7 Å². The second kappa shape index (κ2) is 6.03. The summed E-state index contributed by atoms with van der Waals surface area (Å²) < 4.78 is 43.1. The van der Waals surface area contributed by atoms with Crippen LogP contribution in [0.2, 0.25) is 0 Å². The molecule has 1 saturated heterocycles. The highest BCUT2D eigenvalue weighted by atomic mass is 35.5. The molecule has 0 amide bonds. The third kappa shape index (κ3) is 3.36. The molecule has 1 aliphatic rings. The van der Waals surface area contributed by atoms with E-state index in [2.05, 4.69) is 15.5 Å². The van der Waals surface area contributed by atoms with Crippen LogP contribution in [0.5, 0.6) is 0 Å². The molecule has 4 nitrogen and oxygen atoms in total. The van der Waals surface area contributed by atoms with Gasteiger partial charge < -0.3 is 9.84 Å². The van der Waals surface area contributed by atoms with E-state index in [0.29, 0.717) is 11.5 Å². The average molecular weight is 320 g/mol. The summed E-state index contributed by atoms with van der Waals surface area (Å²) in [6.07, 6.45) is -2.47. The number of hydrogen-bond acceptors (Lipinski definition) is 4. The minimum atomic E-state index is -4.38. The van der Waals surface area contributed by atoms with Gasteiger partial charge in [-0.15, -0.1) is 12.4 Å².